The Bertz CT molecular complexity index is 1180. The van der Waals surface area contributed by atoms with Crippen LogP contribution >= 0.6 is 34.8 Å². The van der Waals surface area contributed by atoms with Crippen molar-refractivity contribution in [1.29, 1.82) is 0 Å². The summed E-state index contributed by atoms with van der Waals surface area (Å²) in [6, 6.07) is 4.36. The van der Waals surface area contributed by atoms with Gasteiger partial charge in [-0.25, -0.2) is 0 Å². The molecule has 39 heavy (non-hydrogen) atoms. The molecular formula is C30H38Cl3N3O3. The molecule has 4 rings (SSSR count). The number of hydrogen-bond donors (Lipinski definition) is 4. The highest BCUT2D eigenvalue weighted by molar-refractivity contribution is 6.35. The number of aliphatic hydroxyl groups excluding tert-OH is 1. The Morgan fingerprint density at radius 1 is 1.26 bits per heavy atom. The van der Waals surface area contributed by atoms with Crippen molar-refractivity contribution in [2.75, 3.05) is 11.2 Å². The van der Waals surface area contributed by atoms with Gasteiger partial charge in [0.15, 0.2) is 0 Å². The third kappa shape index (κ3) is 6.25. The first-order valence-electron chi connectivity index (χ1n) is 13.5. The summed E-state index contributed by atoms with van der Waals surface area (Å²) in [5.74, 6) is -0.748. The summed E-state index contributed by atoms with van der Waals surface area (Å²) in [5, 5.41) is 20.8. The number of halogens is 3. The molecule has 0 bridgehead atoms. The highest BCUT2D eigenvalue weighted by atomic mass is 35.5. The number of rotatable bonds is 7. The lowest BCUT2D eigenvalue weighted by Crippen LogP contribution is -2.51. The zero-order valence-electron chi connectivity index (χ0n) is 22.7. The number of amides is 2. The number of carbonyl (C=O) groups is 2. The highest BCUT2D eigenvalue weighted by Crippen LogP contribution is 2.55. The summed E-state index contributed by atoms with van der Waals surface area (Å²) in [4.78, 5) is 28.1. The molecule has 9 heteroatoms. The van der Waals surface area contributed by atoms with Crippen molar-refractivity contribution < 1.29 is 14.7 Å². The largest absolute Gasteiger partial charge is 0.393 e. The van der Waals surface area contributed by atoms with E-state index in [1.807, 2.05) is 6.07 Å². The molecule has 1 aromatic carbocycles. The maximum absolute atomic E-state index is 14.1. The summed E-state index contributed by atoms with van der Waals surface area (Å²) in [6.45, 7) is 10.8. The van der Waals surface area contributed by atoms with Crippen LogP contribution in [0.25, 0.3) is 0 Å². The van der Waals surface area contributed by atoms with Crippen molar-refractivity contribution in [3.63, 3.8) is 0 Å². The molecule has 4 atom stereocenters. The van der Waals surface area contributed by atoms with Crippen molar-refractivity contribution in [1.82, 2.24) is 10.6 Å². The van der Waals surface area contributed by atoms with E-state index in [9.17, 15) is 14.7 Å². The molecule has 3 aliphatic rings. The quantitative estimate of drug-likeness (QED) is 0.237. The Hall–Kier alpha value is -1.83. The van der Waals surface area contributed by atoms with Crippen molar-refractivity contribution in [3.8, 4) is 0 Å². The average molecular weight is 595 g/mol. The van der Waals surface area contributed by atoms with Crippen LogP contribution in [0, 0.1) is 11.3 Å². The van der Waals surface area contributed by atoms with E-state index in [2.05, 4.69) is 43.3 Å². The molecule has 6 nitrogen and oxygen atoms in total. The van der Waals surface area contributed by atoms with Crippen molar-refractivity contribution in [2.45, 2.75) is 82.5 Å². The highest BCUT2D eigenvalue weighted by Gasteiger charge is 2.65. The molecule has 0 aromatic heterocycles. The third-order valence-electron chi connectivity index (χ3n) is 8.06. The minimum absolute atomic E-state index is 0.0290. The number of fused-ring (bicyclic) bond motifs is 2. The van der Waals surface area contributed by atoms with Crippen molar-refractivity contribution in [2.24, 2.45) is 11.3 Å². The molecule has 0 unspecified atom stereocenters. The molecule has 1 aliphatic carbocycles. The van der Waals surface area contributed by atoms with Crippen LogP contribution in [0.2, 0.25) is 5.02 Å². The Morgan fingerprint density at radius 2 is 1.95 bits per heavy atom. The maximum atomic E-state index is 14.1. The van der Waals surface area contributed by atoms with Gasteiger partial charge >= 0.3 is 0 Å². The average Bonchev–Trinajstić information content (AvgIpc) is 3.34. The van der Waals surface area contributed by atoms with E-state index in [-0.39, 0.29) is 41.3 Å². The number of anilines is 1. The second kappa shape index (κ2) is 12.0. The first-order chi connectivity index (χ1) is 18.4. The number of allylic oxidation sites excluding steroid dienone is 4. The van der Waals surface area contributed by atoms with Crippen LogP contribution in [0.3, 0.4) is 0 Å². The Balaban J connectivity index is 1.81. The van der Waals surface area contributed by atoms with Gasteiger partial charge in [0.1, 0.15) is 5.41 Å². The van der Waals surface area contributed by atoms with Crippen molar-refractivity contribution in [3.05, 3.63) is 64.2 Å². The number of carbonyl (C=O) groups excluding carboxylic acids is 2. The lowest BCUT2D eigenvalue weighted by atomic mass is 9.62. The van der Waals surface area contributed by atoms with Gasteiger partial charge in [0.25, 0.3) is 0 Å². The summed E-state index contributed by atoms with van der Waals surface area (Å²) >= 11 is 18.2. The lowest BCUT2D eigenvalue weighted by Gasteiger charge is -2.38. The Kier molecular flexibility index (Phi) is 9.24. The molecule has 2 fully saturated rings. The minimum atomic E-state index is -1.08. The van der Waals surface area contributed by atoms with Gasteiger partial charge in [0, 0.05) is 33.7 Å². The van der Waals surface area contributed by atoms with Crippen LogP contribution < -0.4 is 16.0 Å². The van der Waals surface area contributed by atoms with Gasteiger partial charge in [-0.3, -0.25) is 9.59 Å². The first-order valence-corrected chi connectivity index (χ1v) is 14.8. The van der Waals surface area contributed by atoms with Gasteiger partial charge in [0.05, 0.1) is 18.0 Å². The fourth-order valence-electron chi connectivity index (χ4n) is 6.41. The molecule has 1 saturated carbocycles. The van der Waals surface area contributed by atoms with Crippen LogP contribution in [-0.4, -0.2) is 47.0 Å². The fraction of sp³-hybridized carbons (Fsp3) is 0.533. The molecule has 2 amide bonds. The van der Waals surface area contributed by atoms with Gasteiger partial charge < -0.3 is 21.1 Å². The molecule has 0 radical (unpaired) electrons. The van der Waals surface area contributed by atoms with Crippen LogP contribution in [0.4, 0.5) is 5.69 Å². The number of aliphatic hydroxyl groups is 1. The predicted molar refractivity (Wildman–Crippen MR) is 159 cm³/mol. The molecule has 1 aromatic rings. The SMILES string of the molecule is C=C(/C=C\C=C(\Cl)CCl)[C@H]1[C@H](C(=O)NC2CCC(O)CC2)N[C@H](CC(C)(C)C)[C@]12C(=O)Nc1cc(Cl)ccc12. The molecule has 4 N–H and O–H groups in total. The number of nitrogens with one attached hydrogen (secondary N) is 3. The topological polar surface area (TPSA) is 90.5 Å². The molecule has 1 saturated heterocycles. The summed E-state index contributed by atoms with van der Waals surface area (Å²) in [7, 11) is 0. The van der Waals surface area contributed by atoms with Gasteiger partial charge in [-0.05, 0) is 66.9 Å². The van der Waals surface area contributed by atoms with E-state index < -0.39 is 17.4 Å². The van der Waals surface area contributed by atoms with Crippen LogP contribution in [0.5, 0.6) is 0 Å². The predicted octanol–water partition coefficient (Wildman–Crippen LogP) is 5.82. The lowest BCUT2D eigenvalue weighted by molar-refractivity contribution is -0.125. The third-order valence-corrected chi connectivity index (χ3v) is 8.98. The maximum Gasteiger partial charge on any atom is 0.238 e. The monoisotopic (exact) mass is 593 g/mol. The number of hydrogen-bond acceptors (Lipinski definition) is 4. The Labute approximate surface area is 246 Å². The second-order valence-electron chi connectivity index (χ2n) is 12.1. The zero-order valence-corrected chi connectivity index (χ0v) is 25.0. The number of alkyl halides is 1. The van der Waals surface area contributed by atoms with Crippen LogP contribution in [0.15, 0.2) is 53.6 Å². The van der Waals surface area contributed by atoms with Gasteiger partial charge in [-0.1, -0.05) is 68.8 Å². The van der Waals surface area contributed by atoms with Crippen LogP contribution in [0.1, 0.15) is 58.4 Å². The molecule has 212 valence electrons. The smallest absolute Gasteiger partial charge is 0.238 e. The van der Waals surface area contributed by atoms with Gasteiger partial charge in [-0.2, -0.15) is 0 Å². The van der Waals surface area contributed by atoms with Crippen LogP contribution in [-0.2, 0) is 15.0 Å². The molecule has 2 heterocycles. The van der Waals surface area contributed by atoms with E-state index >= 15 is 0 Å². The van der Waals surface area contributed by atoms with E-state index in [0.29, 0.717) is 53.4 Å². The van der Waals surface area contributed by atoms with Gasteiger partial charge in [0.2, 0.25) is 11.8 Å². The van der Waals surface area contributed by atoms with E-state index in [0.717, 1.165) is 5.56 Å². The Morgan fingerprint density at radius 3 is 2.59 bits per heavy atom. The van der Waals surface area contributed by atoms with E-state index in [4.69, 9.17) is 34.8 Å². The second-order valence-corrected chi connectivity index (χ2v) is 13.3. The molecular weight excluding hydrogens is 557 g/mol. The summed E-state index contributed by atoms with van der Waals surface area (Å²) in [5.41, 5.74) is 0.875. The van der Waals surface area contributed by atoms with Crippen molar-refractivity contribution >= 4 is 52.3 Å². The molecule has 2 aliphatic heterocycles. The standard InChI is InChI=1S/C30H38Cl3N3O3/c1-17(6-5-7-19(33)16-31)25-26(27(38)34-20-9-11-21(37)12-10-20)36-24(15-29(2,3)4)30(25)22-13-8-18(32)14-23(22)35-28(30)39/h5-8,13-14,20-21,24-26,36-37H,1,9-12,15-16H2,2-4H3,(H,34,38)(H,35,39)/b6-5-,19-7+/t20?,21?,24-,25+,26-,30+/m1/s1. The minimum Gasteiger partial charge on any atom is -0.393 e. The molecule has 1 spiro atoms. The fourth-order valence-corrected chi connectivity index (χ4v) is 6.74. The summed E-state index contributed by atoms with van der Waals surface area (Å²) < 4.78 is 0. The normalized spacial score (nSPS) is 31.0. The zero-order chi connectivity index (χ0) is 28.5. The van der Waals surface area contributed by atoms with Gasteiger partial charge in [-0.15, -0.1) is 11.6 Å². The first kappa shape index (κ1) is 30.1. The summed E-state index contributed by atoms with van der Waals surface area (Å²) in [6.07, 6.45) is 8.31. The number of benzene rings is 1. The van der Waals surface area contributed by atoms with E-state index in [1.54, 1.807) is 30.4 Å². The van der Waals surface area contributed by atoms with E-state index in [1.165, 1.54) is 0 Å².